The highest BCUT2D eigenvalue weighted by Crippen LogP contribution is 2.69. The van der Waals surface area contributed by atoms with Crippen LogP contribution in [0.1, 0.15) is 88.4 Å². The van der Waals surface area contributed by atoms with Crippen LogP contribution in [0.3, 0.4) is 0 Å². The van der Waals surface area contributed by atoms with E-state index in [2.05, 4.69) is 0 Å². The predicted molar refractivity (Wildman–Crippen MR) is 176 cm³/mol. The van der Waals surface area contributed by atoms with Crippen molar-refractivity contribution in [2.45, 2.75) is 109 Å². The first kappa shape index (κ1) is 37.0. The molecule has 2 aromatic rings. The summed E-state index contributed by atoms with van der Waals surface area (Å²) in [5, 5.41) is 12.8. The van der Waals surface area contributed by atoms with Crippen molar-refractivity contribution in [1.29, 1.82) is 0 Å². The molecule has 3 aliphatic rings. The molecule has 12 heteroatoms. The highest BCUT2D eigenvalue weighted by molar-refractivity contribution is 5.90. The Morgan fingerprint density at radius 2 is 1.38 bits per heavy atom. The lowest BCUT2D eigenvalue weighted by atomic mass is 9.46. The maximum atomic E-state index is 14.0. The molecule has 1 spiro atoms. The van der Waals surface area contributed by atoms with Crippen LogP contribution in [0.2, 0.25) is 0 Å². The molecule has 1 N–H and O–H groups in total. The van der Waals surface area contributed by atoms with Gasteiger partial charge in [-0.2, -0.15) is 0 Å². The van der Waals surface area contributed by atoms with Crippen molar-refractivity contribution in [2.24, 2.45) is 17.3 Å². The molecule has 2 aliphatic carbocycles. The first-order valence-corrected chi connectivity index (χ1v) is 17.0. The number of rotatable bonds is 10. The van der Waals surface area contributed by atoms with Crippen LogP contribution < -0.4 is 0 Å². The molecule has 1 aliphatic heterocycles. The van der Waals surface area contributed by atoms with Crippen LogP contribution in [0.5, 0.6) is 0 Å². The van der Waals surface area contributed by atoms with Crippen LogP contribution in [0, 0.1) is 17.3 Å². The van der Waals surface area contributed by atoms with Crippen molar-refractivity contribution in [3.05, 3.63) is 71.8 Å². The molecule has 9 atom stereocenters. The summed E-state index contributed by atoms with van der Waals surface area (Å²) in [6, 6.07) is 16.2. The average Bonchev–Trinajstić information content (AvgIpc) is 3.23. The first-order chi connectivity index (χ1) is 23.5. The number of hydrogen-bond acceptors (Lipinski definition) is 12. The smallest absolute Gasteiger partial charge is 0.338 e. The largest absolute Gasteiger partial charge is 0.465 e. The van der Waals surface area contributed by atoms with Crippen LogP contribution in [-0.4, -0.2) is 82.8 Å². The number of esters is 5. The third-order valence-electron chi connectivity index (χ3n) is 10.7. The van der Waals surface area contributed by atoms with Gasteiger partial charge in [-0.05, 0) is 57.9 Å². The summed E-state index contributed by atoms with van der Waals surface area (Å²) in [5.41, 5.74) is -6.86. The van der Waals surface area contributed by atoms with Crippen LogP contribution in [0.15, 0.2) is 60.7 Å². The Morgan fingerprint density at radius 3 is 1.90 bits per heavy atom. The zero-order valence-electron chi connectivity index (χ0n) is 29.5. The lowest BCUT2D eigenvalue weighted by Gasteiger charge is -2.65. The topological polar surface area (TPSA) is 161 Å². The molecule has 3 fully saturated rings. The van der Waals surface area contributed by atoms with Gasteiger partial charge < -0.3 is 33.5 Å². The van der Waals surface area contributed by atoms with Gasteiger partial charge in [0.05, 0.1) is 28.2 Å². The fourth-order valence-electron chi connectivity index (χ4n) is 8.18. The van der Waals surface area contributed by atoms with Crippen LogP contribution in [0.25, 0.3) is 0 Å². The molecule has 270 valence electrons. The highest BCUT2D eigenvalue weighted by Gasteiger charge is 2.86. The fraction of sp³-hybridized carbons (Fsp3) is 0.553. The molecule has 2 bridgehead atoms. The maximum Gasteiger partial charge on any atom is 0.338 e. The third kappa shape index (κ3) is 6.28. The fourth-order valence-corrected chi connectivity index (χ4v) is 8.18. The summed E-state index contributed by atoms with van der Waals surface area (Å²) in [6.45, 7) is 10.3. The second kappa shape index (κ2) is 13.8. The number of aliphatic hydroxyl groups is 1. The van der Waals surface area contributed by atoms with Gasteiger partial charge in [0, 0.05) is 26.2 Å². The zero-order valence-corrected chi connectivity index (χ0v) is 29.5. The van der Waals surface area contributed by atoms with E-state index in [4.69, 9.17) is 28.4 Å². The number of carbonyl (C=O) groups is 5. The van der Waals surface area contributed by atoms with Crippen molar-refractivity contribution >= 4 is 29.8 Å². The molecule has 1 saturated heterocycles. The minimum atomic E-state index is -2.04. The van der Waals surface area contributed by atoms with Crippen molar-refractivity contribution in [3.63, 3.8) is 0 Å². The van der Waals surface area contributed by atoms with Gasteiger partial charge in [0.1, 0.15) is 30.3 Å². The Morgan fingerprint density at radius 1 is 0.820 bits per heavy atom. The summed E-state index contributed by atoms with van der Waals surface area (Å²) >= 11 is 0. The van der Waals surface area contributed by atoms with E-state index in [-0.39, 0.29) is 24.0 Å². The number of ether oxygens (including phenoxy) is 6. The van der Waals surface area contributed by atoms with E-state index < -0.39 is 94.9 Å². The summed E-state index contributed by atoms with van der Waals surface area (Å²) in [6.07, 6.45) is -5.39. The number of carbonyl (C=O) groups excluding carboxylic acids is 5. The van der Waals surface area contributed by atoms with Crippen molar-refractivity contribution in [2.75, 3.05) is 6.61 Å². The van der Waals surface area contributed by atoms with Gasteiger partial charge in [0.15, 0.2) is 11.7 Å². The van der Waals surface area contributed by atoms with E-state index in [9.17, 15) is 29.1 Å². The zero-order chi connectivity index (χ0) is 36.6. The Balaban J connectivity index is 1.81. The minimum absolute atomic E-state index is 0.00897. The summed E-state index contributed by atoms with van der Waals surface area (Å²) < 4.78 is 37.5. The molecule has 0 unspecified atom stereocenters. The van der Waals surface area contributed by atoms with E-state index in [1.165, 1.54) is 32.9 Å². The summed E-state index contributed by atoms with van der Waals surface area (Å²) in [7, 11) is 0. The third-order valence-corrected chi connectivity index (χ3v) is 10.7. The minimum Gasteiger partial charge on any atom is -0.465 e. The quantitative estimate of drug-likeness (QED) is 0.272. The average molecular weight is 695 g/mol. The van der Waals surface area contributed by atoms with Gasteiger partial charge in [-0.3, -0.25) is 14.4 Å². The number of fused-ring (bicyclic) bond motifs is 1. The second-order valence-corrected chi connectivity index (χ2v) is 14.3. The molecule has 5 rings (SSSR count). The Hall–Kier alpha value is -4.29. The molecular weight excluding hydrogens is 648 g/mol. The SMILES string of the molecule is CC[C@@H](C)C(=O)O[C@@H]1C[C@H]2[C@@H](OC(C)=O)[C@@]3(OC2(C)C)[C@@]1(COC(C)=O)[C@H](OC(=O)c1ccccc1)[C@@H](OC(=O)c1ccccc1)C[C@]3(C)O. The van der Waals surface area contributed by atoms with E-state index in [0.29, 0.717) is 6.42 Å². The lowest BCUT2D eigenvalue weighted by Crippen LogP contribution is -2.83. The molecule has 12 nitrogen and oxygen atoms in total. The van der Waals surface area contributed by atoms with E-state index in [0.717, 1.165) is 0 Å². The number of benzene rings is 2. The van der Waals surface area contributed by atoms with Gasteiger partial charge in [-0.25, -0.2) is 9.59 Å². The molecule has 0 radical (unpaired) electrons. The first-order valence-electron chi connectivity index (χ1n) is 17.0. The Labute approximate surface area is 291 Å². The van der Waals surface area contributed by atoms with Gasteiger partial charge in [-0.1, -0.05) is 50.2 Å². The Kier molecular flexibility index (Phi) is 10.2. The molecule has 2 aromatic carbocycles. The molecule has 0 aromatic heterocycles. The molecule has 0 amide bonds. The van der Waals surface area contributed by atoms with Crippen molar-refractivity contribution in [3.8, 4) is 0 Å². The normalized spacial score (nSPS) is 32.8. The van der Waals surface area contributed by atoms with Gasteiger partial charge in [0.2, 0.25) is 0 Å². The monoisotopic (exact) mass is 694 g/mol. The van der Waals surface area contributed by atoms with Crippen molar-refractivity contribution in [1.82, 2.24) is 0 Å². The second-order valence-electron chi connectivity index (χ2n) is 14.3. The lowest BCUT2D eigenvalue weighted by molar-refractivity contribution is -0.354. The van der Waals surface area contributed by atoms with Crippen LogP contribution in [0.4, 0.5) is 0 Å². The van der Waals surface area contributed by atoms with Crippen molar-refractivity contribution < 1.29 is 57.5 Å². The highest BCUT2D eigenvalue weighted by atomic mass is 16.6. The Bertz CT molecular complexity index is 1600. The van der Waals surface area contributed by atoms with E-state index in [1.54, 1.807) is 69.3 Å². The maximum absolute atomic E-state index is 14.0. The predicted octanol–water partition coefficient (Wildman–Crippen LogP) is 4.60. The van der Waals surface area contributed by atoms with E-state index in [1.807, 2.05) is 6.92 Å². The van der Waals surface area contributed by atoms with Crippen LogP contribution in [-0.2, 0) is 42.8 Å². The molecular formula is C38H46O12. The van der Waals surface area contributed by atoms with Gasteiger partial charge >= 0.3 is 29.8 Å². The summed E-state index contributed by atoms with van der Waals surface area (Å²) in [5.74, 6) is -4.82. The standard InChI is InChI=1S/C38H46O12/c1-8-22(2)32(41)48-29-19-27-30(46-24(4)40)38(50-35(27,5)6)36(7,44)20-28(47-33(42)25-15-11-9-12-16-25)31(37(29,38)21-45-23(3)39)49-34(43)26-17-13-10-14-18-26/h9-18,22,27-31,44H,8,19-21H2,1-7H3/t22-,27+,28+,29-,30-,31-,36+,37-,38+/m1/s1. The van der Waals surface area contributed by atoms with E-state index >= 15 is 0 Å². The number of hydrogen-bond donors (Lipinski definition) is 1. The molecule has 1 heterocycles. The van der Waals surface area contributed by atoms with Gasteiger partial charge in [-0.15, -0.1) is 0 Å². The molecule has 50 heavy (non-hydrogen) atoms. The summed E-state index contributed by atoms with van der Waals surface area (Å²) in [4.78, 5) is 66.9. The van der Waals surface area contributed by atoms with Gasteiger partial charge in [0.25, 0.3) is 0 Å². The molecule has 2 saturated carbocycles. The van der Waals surface area contributed by atoms with Crippen LogP contribution >= 0.6 is 0 Å².